The third-order valence-electron chi connectivity index (χ3n) is 6.29. The van der Waals surface area contributed by atoms with Crippen molar-refractivity contribution in [3.8, 4) is 0 Å². The summed E-state index contributed by atoms with van der Waals surface area (Å²) in [6, 6.07) is 0. The van der Waals surface area contributed by atoms with Crippen LogP contribution in [0.25, 0.3) is 0 Å². The first-order valence-electron chi connectivity index (χ1n) is 13.5. The lowest BCUT2D eigenvalue weighted by molar-refractivity contribution is -0.145. The smallest absolute Gasteiger partial charge is 0.305 e. The highest BCUT2D eigenvalue weighted by molar-refractivity contribution is 5.69. The molecule has 0 aliphatic carbocycles. The predicted octanol–water partition coefficient (Wildman–Crippen LogP) is 7.69. The summed E-state index contributed by atoms with van der Waals surface area (Å²) < 4.78 is 5.66. The van der Waals surface area contributed by atoms with E-state index >= 15 is 0 Å². The van der Waals surface area contributed by atoms with Crippen LogP contribution in [0.3, 0.4) is 0 Å². The molecule has 0 saturated heterocycles. The fraction of sp³-hybridized carbons (Fsp3) is 0.926. The van der Waals surface area contributed by atoms with E-state index in [-0.39, 0.29) is 5.97 Å². The summed E-state index contributed by atoms with van der Waals surface area (Å²) in [7, 11) is 0. The molecule has 0 aliphatic rings. The molecule has 1 unspecified atom stereocenters. The molecule has 0 rings (SSSR count). The van der Waals surface area contributed by atoms with Gasteiger partial charge in [-0.15, -0.1) is 0 Å². The molecule has 0 aromatic carbocycles. The van der Waals surface area contributed by atoms with Gasteiger partial charge in [-0.05, 0) is 38.5 Å². The molecule has 0 spiro atoms. The van der Waals surface area contributed by atoms with Crippen LogP contribution < -0.4 is 0 Å². The third kappa shape index (κ3) is 20.6. The topological polar surface area (TPSA) is 46.6 Å². The molecule has 0 saturated carbocycles. The molecule has 0 aliphatic heterocycles. The summed E-state index contributed by atoms with van der Waals surface area (Å²) in [5.41, 5.74) is 0. The lowest BCUT2D eigenvalue weighted by atomic mass is 9.95. The second-order valence-electron chi connectivity index (χ2n) is 9.21. The van der Waals surface area contributed by atoms with E-state index in [2.05, 4.69) is 13.8 Å². The Morgan fingerprint density at radius 2 is 1.26 bits per heavy atom. The van der Waals surface area contributed by atoms with Gasteiger partial charge < -0.3 is 9.64 Å². The van der Waals surface area contributed by atoms with Crippen LogP contribution in [0.1, 0.15) is 136 Å². The Labute approximate surface area is 193 Å². The van der Waals surface area contributed by atoms with Crippen molar-refractivity contribution in [3.63, 3.8) is 0 Å². The number of hydrogen-bond donors (Lipinski definition) is 0. The van der Waals surface area contributed by atoms with Crippen LogP contribution in [0, 0.1) is 5.92 Å². The molecule has 0 aromatic heterocycles. The van der Waals surface area contributed by atoms with Gasteiger partial charge >= 0.3 is 5.97 Å². The van der Waals surface area contributed by atoms with E-state index in [1.54, 1.807) is 4.90 Å². The highest BCUT2D eigenvalue weighted by atomic mass is 16.5. The standard InChI is InChI=1S/C27H53NO3/c1-4-7-9-11-13-17-21-26(20-16-10-8-5-2)24-31-27(30)22-18-14-12-15-19-23-28(6-3)25-29/h25-26H,4-24H2,1-3H3. The molecule has 1 amide bonds. The minimum Gasteiger partial charge on any atom is -0.465 e. The molecular weight excluding hydrogens is 386 g/mol. The SMILES string of the molecule is CCCCCCCCC(CCCCCC)COC(=O)CCCCCCCN(C=O)CC. The lowest BCUT2D eigenvalue weighted by Crippen LogP contribution is -2.22. The number of rotatable bonds is 24. The van der Waals surface area contributed by atoms with Crippen LogP contribution in [0.15, 0.2) is 0 Å². The van der Waals surface area contributed by atoms with Crippen molar-refractivity contribution in [1.82, 2.24) is 4.90 Å². The average molecular weight is 440 g/mol. The highest BCUT2D eigenvalue weighted by Crippen LogP contribution is 2.20. The Kier molecular flexibility index (Phi) is 22.8. The number of esters is 1. The molecule has 31 heavy (non-hydrogen) atoms. The van der Waals surface area contributed by atoms with Gasteiger partial charge in [-0.25, -0.2) is 0 Å². The Morgan fingerprint density at radius 3 is 1.84 bits per heavy atom. The molecule has 184 valence electrons. The molecule has 0 bridgehead atoms. The van der Waals surface area contributed by atoms with E-state index in [4.69, 9.17) is 4.74 Å². The Balaban J connectivity index is 3.90. The Morgan fingerprint density at radius 1 is 0.742 bits per heavy atom. The summed E-state index contributed by atoms with van der Waals surface area (Å²) in [6.07, 6.45) is 22.3. The molecule has 1 atom stereocenters. The second kappa shape index (κ2) is 23.6. The minimum atomic E-state index is -0.0142. The van der Waals surface area contributed by atoms with Crippen LogP contribution in [-0.4, -0.2) is 37.0 Å². The van der Waals surface area contributed by atoms with Crippen molar-refractivity contribution >= 4 is 12.4 Å². The van der Waals surface area contributed by atoms with Gasteiger partial charge in [-0.3, -0.25) is 9.59 Å². The van der Waals surface area contributed by atoms with Gasteiger partial charge in [0.2, 0.25) is 6.41 Å². The van der Waals surface area contributed by atoms with Crippen LogP contribution >= 0.6 is 0 Å². The number of unbranched alkanes of at least 4 members (excludes halogenated alkanes) is 12. The van der Waals surface area contributed by atoms with Crippen molar-refractivity contribution in [3.05, 3.63) is 0 Å². The summed E-state index contributed by atoms with van der Waals surface area (Å²) in [5.74, 6) is 0.533. The van der Waals surface area contributed by atoms with Crippen LogP contribution in [-0.2, 0) is 14.3 Å². The van der Waals surface area contributed by atoms with E-state index in [9.17, 15) is 9.59 Å². The van der Waals surface area contributed by atoms with E-state index in [0.717, 1.165) is 51.6 Å². The maximum atomic E-state index is 12.2. The first-order valence-corrected chi connectivity index (χ1v) is 13.5. The van der Waals surface area contributed by atoms with Gasteiger partial charge in [-0.1, -0.05) is 97.3 Å². The quantitative estimate of drug-likeness (QED) is 0.0879. The van der Waals surface area contributed by atoms with E-state index < -0.39 is 0 Å². The molecule has 0 aromatic rings. The maximum absolute atomic E-state index is 12.2. The molecule has 0 radical (unpaired) electrons. The monoisotopic (exact) mass is 439 g/mol. The van der Waals surface area contributed by atoms with Crippen molar-refractivity contribution < 1.29 is 14.3 Å². The van der Waals surface area contributed by atoms with Crippen LogP contribution in [0.5, 0.6) is 0 Å². The zero-order chi connectivity index (χ0) is 23.0. The van der Waals surface area contributed by atoms with Gasteiger partial charge in [0.15, 0.2) is 0 Å². The Bertz CT molecular complexity index is 400. The van der Waals surface area contributed by atoms with Gasteiger partial charge in [0, 0.05) is 19.5 Å². The van der Waals surface area contributed by atoms with Gasteiger partial charge in [-0.2, -0.15) is 0 Å². The second-order valence-corrected chi connectivity index (χ2v) is 9.21. The van der Waals surface area contributed by atoms with E-state index in [1.165, 1.54) is 77.0 Å². The first-order chi connectivity index (χ1) is 15.2. The average Bonchev–Trinajstić information content (AvgIpc) is 2.78. The predicted molar refractivity (Wildman–Crippen MR) is 132 cm³/mol. The van der Waals surface area contributed by atoms with Crippen molar-refractivity contribution in [1.29, 1.82) is 0 Å². The summed E-state index contributed by atoms with van der Waals surface area (Å²) in [6.45, 7) is 8.77. The van der Waals surface area contributed by atoms with Gasteiger partial charge in [0.1, 0.15) is 0 Å². The number of carbonyl (C=O) groups is 2. The van der Waals surface area contributed by atoms with Crippen molar-refractivity contribution in [2.45, 2.75) is 136 Å². The summed E-state index contributed by atoms with van der Waals surface area (Å²) in [4.78, 5) is 24.7. The summed E-state index contributed by atoms with van der Waals surface area (Å²) in [5, 5.41) is 0. The minimum absolute atomic E-state index is 0.0142. The lowest BCUT2D eigenvalue weighted by Gasteiger charge is -2.17. The van der Waals surface area contributed by atoms with E-state index in [0.29, 0.717) is 18.9 Å². The molecule has 0 fully saturated rings. The molecule has 0 N–H and O–H groups in total. The van der Waals surface area contributed by atoms with Gasteiger partial charge in [0.25, 0.3) is 0 Å². The first kappa shape index (κ1) is 29.9. The van der Waals surface area contributed by atoms with Crippen molar-refractivity contribution in [2.24, 2.45) is 5.92 Å². The van der Waals surface area contributed by atoms with Crippen molar-refractivity contribution in [2.75, 3.05) is 19.7 Å². The summed E-state index contributed by atoms with van der Waals surface area (Å²) >= 11 is 0. The normalized spacial score (nSPS) is 12.0. The zero-order valence-electron chi connectivity index (χ0n) is 21.2. The molecule has 4 heteroatoms. The molecular formula is C27H53NO3. The number of amides is 1. The number of nitrogens with zero attached hydrogens (tertiary/aromatic N) is 1. The van der Waals surface area contributed by atoms with Gasteiger partial charge in [0.05, 0.1) is 6.61 Å². The fourth-order valence-corrected chi connectivity index (χ4v) is 4.07. The van der Waals surface area contributed by atoms with Crippen LogP contribution in [0.4, 0.5) is 0 Å². The van der Waals surface area contributed by atoms with E-state index in [1.807, 2.05) is 6.92 Å². The number of hydrogen-bond acceptors (Lipinski definition) is 3. The zero-order valence-corrected chi connectivity index (χ0v) is 21.2. The highest BCUT2D eigenvalue weighted by Gasteiger charge is 2.12. The van der Waals surface area contributed by atoms with Crippen LogP contribution in [0.2, 0.25) is 0 Å². The maximum Gasteiger partial charge on any atom is 0.305 e. The number of ether oxygens (including phenoxy) is 1. The third-order valence-corrected chi connectivity index (χ3v) is 6.29. The molecule has 4 nitrogen and oxygen atoms in total. The number of carbonyl (C=O) groups excluding carboxylic acids is 2. The fourth-order valence-electron chi connectivity index (χ4n) is 4.07. The Hall–Kier alpha value is -1.06. The largest absolute Gasteiger partial charge is 0.465 e. The molecule has 0 heterocycles.